The molecule has 0 fully saturated rings. The molecule has 34 valence electrons. The summed E-state index contributed by atoms with van der Waals surface area (Å²) in [5.74, 6) is 0. The van der Waals surface area contributed by atoms with Gasteiger partial charge in [0.2, 0.25) is 0 Å². The smallest absolute Gasteiger partial charge is 1.00 e. The first-order valence-electron chi connectivity index (χ1n) is 0.698. The Morgan fingerprint density at radius 3 is 1.33 bits per heavy atom. The van der Waals surface area contributed by atoms with Gasteiger partial charge in [-0.25, -0.2) is 0 Å². The van der Waals surface area contributed by atoms with E-state index >= 15 is 0 Å². The second-order valence-corrected chi connectivity index (χ2v) is 3.00. The molecular formula is H3CsO4Te. The first-order valence-corrected chi connectivity index (χ1v) is 4.69. The minimum atomic E-state index is -5.52. The van der Waals surface area contributed by atoms with Gasteiger partial charge in [-0.1, -0.05) is 0 Å². The molecule has 6 heteroatoms. The van der Waals surface area contributed by atoms with Crippen molar-refractivity contribution >= 4 is 19.0 Å². The molecule has 2 N–H and O–H groups in total. The standard InChI is InChI=1S/Cs.H2O4Te.H/c;1-5(2,3)4;/h;(H2,1,2,3,4);/q+1;;-1. The summed E-state index contributed by atoms with van der Waals surface area (Å²) in [5, 5.41) is 0. The normalized spacial score (nSPS) is 9.67. The second-order valence-electron chi connectivity index (χ2n) is 0.448. The predicted molar refractivity (Wildman–Crippen MR) is 12.7 cm³/mol. The van der Waals surface area contributed by atoms with Crippen molar-refractivity contribution in [1.29, 1.82) is 0 Å². The molecule has 0 amide bonds. The number of rotatable bonds is 0. The second kappa shape index (κ2) is 4.26. The van der Waals surface area contributed by atoms with Crippen LogP contribution in [0.3, 0.4) is 0 Å². The zero-order valence-corrected chi connectivity index (χ0v) is 11.7. The maximum atomic E-state index is 8.85. The fraction of sp³-hybridized carbons (Fsp3) is 0. The summed E-state index contributed by atoms with van der Waals surface area (Å²) in [5.41, 5.74) is 0. The van der Waals surface area contributed by atoms with Gasteiger partial charge in [-0.05, 0) is 0 Å². The van der Waals surface area contributed by atoms with Crippen LogP contribution in [0, 0.1) is 0 Å². The molecule has 0 aliphatic rings. The molecule has 0 unspecified atom stereocenters. The summed E-state index contributed by atoms with van der Waals surface area (Å²) in [7, 11) is 0. The Hall–Kier alpha value is 2.36. The van der Waals surface area contributed by atoms with Crippen molar-refractivity contribution in [2.45, 2.75) is 0 Å². The van der Waals surface area contributed by atoms with E-state index in [1.165, 1.54) is 0 Å². The summed E-state index contributed by atoms with van der Waals surface area (Å²) in [6, 6.07) is 0. The minimum Gasteiger partial charge on any atom is -1.00 e. The third-order valence-electron chi connectivity index (χ3n) is 0. The van der Waals surface area contributed by atoms with Crippen molar-refractivity contribution < 1.29 is 83.5 Å². The van der Waals surface area contributed by atoms with Gasteiger partial charge < -0.3 is 1.43 Å². The zero-order chi connectivity index (χ0) is 4.50. The van der Waals surface area contributed by atoms with Crippen LogP contribution in [-0.2, 0) is 6.21 Å². The van der Waals surface area contributed by atoms with E-state index in [2.05, 4.69) is 0 Å². The first-order chi connectivity index (χ1) is 2.00. The van der Waals surface area contributed by atoms with E-state index in [0.717, 1.165) is 0 Å². The molecule has 0 saturated heterocycles. The molecule has 0 aromatic carbocycles. The summed E-state index contributed by atoms with van der Waals surface area (Å²) < 4.78 is 32.0. The van der Waals surface area contributed by atoms with Crippen LogP contribution in [0.25, 0.3) is 0 Å². The molecule has 0 heterocycles. The first kappa shape index (κ1) is 11.2. The van der Waals surface area contributed by atoms with Gasteiger partial charge >= 0.3 is 101 Å². The van der Waals surface area contributed by atoms with Crippen LogP contribution in [0.15, 0.2) is 0 Å². The maximum Gasteiger partial charge on any atom is 1.00 e. The van der Waals surface area contributed by atoms with E-state index in [4.69, 9.17) is 13.2 Å². The van der Waals surface area contributed by atoms with E-state index in [1.54, 1.807) is 0 Å². The molecule has 0 aliphatic heterocycles. The molecule has 0 saturated carbocycles. The van der Waals surface area contributed by atoms with Gasteiger partial charge in [0.05, 0.1) is 0 Å². The van der Waals surface area contributed by atoms with Crippen molar-refractivity contribution in [2.75, 3.05) is 0 Å². The van der Waals surface area contributed by atoms with Crippen molar-refractivity contribution in [3.8, 4) is 0 Å². The maximum absolute atomic E-state index is 8.85. The molecule has 0 aromatic heterocycles. The molecule has 0 atom stereocenters. The average molecular weight is 328 g/mol. The predicted octanol–water partition coefficient (Wildman–Crippen LogP) is -4.62. The van der Waals surface area contributed by atoms with E-state index in [9.17, 15) is 0 Å². The minimum absolute atomic E-state index is 0. The van der Waals surface area contributed by atoms with Crippen molar-refractivity contribution in [2.24, 2.45) is 0 Å². The van der Waals surface area contributed by atoms with Crippen molar-refractivity contribution in [3.05, 3.63) is 0 Å². The third-order valence-corrected chi connectivity index (χ3v) is 0. The summed E-state index contributed by atoms with van der Waals surface area (Å²) in [6.45, 7) is 0. The van der Waals surface area contributed by atoms with Crippen LogP contribution >= 0.6 is 0 Å². The summed E-state index contributed by atoms with van der Waals surface area (Å²) >= 11 is -5.52. The molecule has 6 heavy (non-hydrogen) atoms. The van der Waals surface area contributed by atoms with Crippen molar-refractivity contribution in [3.63, 3.8) is 0 Å². The van der Waals surface area contributed by atoms with E-state index < -0.39 is 19.0 Å². The Kier molecular flexibility index (Phi) is 7.95. The largest absolute Gasteiger partial charge is 1.00 e. The average Bonchev–Trinajstić information content (AvgIpc) is 0.722. The van der Waals surface area contributed by atoms with E-state index in [-0.39, 0.29) is 70.3 Å². The zero-order valence-electron chi connectivity index (χ0n) is 4.12. The van der Waals surface area contributed by atoms with Crippen LogP contribution in [0.1, 0.15) is 1.43 Å². The third kappa shape index (κ3) is 32.8. The summed E-state index contributed by atoms with van der Waals surface area (Å²) in [6.07, 6.45) is 0. The van der Waals surface area contributed by atoms with Gasteiger partial charge in [0.1, 0.15) is 0 Å². The van der Waals surface area contributed by atoms with Crippen LogP contribution in [0.2, 0.25) is 0 Å². The van der Waals surface area contributed by atoms with Gasteiger partial charge in [0, 0.05) is 0 Å². The number of hydrogen-bond acceptors (Lipinski definition) is 2. The van der Waals surface area contributed by atoms with E-state index in [0.29, 0.717) is 0 Å². The molecule has 0 radical (unpaired) electrons. The van der Waals surface area contributed by atoms with Gasteiger partial charge in [-0.15, -0.1) is 0 Å². The van der Waals surface area contributed by atoms with Crippen LogP contribution in [0.4, 0.5) is 0 Å². The topological polar surface area (TPSA) is 74.6 Å². The molecule has 0 rings (SSSR count). The van der Waals surface area contributed by atoms with Crippen molar-refractivity contribution in [1.82, 2.24) is 0 Å². The van der Waals surface area contributed by atoms with Crippen LogP contribution < -0.4 is 68.9 Å². The Bertz CT molecular complexity index is 94.9. The molecule has 0 aromatic rings. The van der Waals surface area contributed by atoms with Crippen LogP contribution in [-0.4, -0.2) is 25.9 Å². The quantitative estimate of drug-likeness (QED) is 0.439. The molecular weight excluding hydrogens is 325 g/mol. The van der Waals surface area contributed by atoms with E-state index in [1.807, 2.05) is 0 Å². The Morgan fingerprint density at radius 1 is 1.33 bits per heavy atom. The fourth-order valence-corrected chi connectivity index (χ4v) is 0. The SMILES string of the molecule is O=[Te](=O)(O)O.[Cs+].[H-]. The van der Waals surface area contributed by atoms with Gasteiger partial charge in [0.15, 0.2) is 0 Å². The Labute approximate surface area is 99.5 Å². The van der Waals surface area contributed by atoms with Crippen LogP contribution in [0.5, 0.6) is 0 Å². The number of hydrogen-bond donors (Lipinski definition) is 2. The fourth-order valence-electron chi connectivity index (χ4n) is 0. The van der Waals surface area contributed by atoms with Gasteiger partial charge in [-0.2, -0.15) is 0 Å². The Balaban J connectivity index is -0.0000000800. The molecule has 4 nitrogen and oxygen atoms in total. The Morgan fingerprint density at radius 2 is 1.33 bits per heavy atom. The molecule has 0 aliphatic carbocycles. The van der Waals surface area contributed by atoms with Gasteiger partial charge in [0.25, 0.3) is 0 Å². The molecule has 0 bridgehead atoms. The van der Waals surface area contributed by atoms with Gasteiger partial charge in [-0.3, -0.25) is 0 Å². The summed E-state index contributed by atoms with van der Waals surface area (Å²) in [4.78, 5) is 0. The molecule has 0 spiro atoms. The monoisotopic (exact) mass is 330 g/mol.